The number of nitrogens with one attached hydrogen (secondary N) is 5. The molecular formula is C41H53N7O8. The van der Waals surface area contributed by atoms with Gasteiger partial charge >= 0.3 is 0 Å². The number of amides is 8. The number of nitrogens with zero attached hydrogens (tertiary/aromatic N) is 2. The molecule has 300 valence electrons. The second kappa shape index (κ2) is 18.8. The normalized spacial score (nSPS) is 26.4. The Morgan fingerprint density at radius 2 is 1.34 bits per heavy atom. The molecule has 3 heterocycles. The number of rotatable bonds is 8. The molecule has 7 atom stereocenters. The number of carbonyl (C=O) groups is 8. The Balaban J connectivity index is 1.53. The fourth-order valence-electron chi connectivity index (χ4n) is 7.50. The quantitative estimate of drug-likeness (QED) is 0.242. The second-order valence-corrected chi connectivity index (χ2v) is 15.4. The summed E-state index contributed by atoms with van der Waals surface area (Å²) >= 11 is 0. The molecule has 56 heavy (non-hydrogen) atoms. The summed E-state index contributed by atoms with van der Waals surface area (Å²) in [5, 5.41) is 13.5. The molecule has 15 heteroatoms. The van der Waals surface area contributed by atoms with E-state index in [2.05, 4.69) is 26.6 Å². The van der Waals surface area contributed by atoms with Crippen molar-refractivity contribution in [1.82, 2.24) is 36.4 Å². The molecule has 0 saturated carbocycles. The lowest BCUT2D eigenvalue weighted by molar-refractivity contribution is -0.148. The van der Waals surface area contributed by atoms with Crippen LogP contribution in [0.25, 0.3) is 0 Å². The Morgan fingerprint density at radius 3 is 1.96 bits per heavy atom. The van der Waals surface area contributed by atoms with Crippen LogP contribution in [-0.2, 0) is 51.2 Å². The maximum Gasteiger partial charge on any atom is 0.253 e. The van der Waals surface area contributed by atoms with Crippen LogP contribution in [0.1, 0.15) is 70.9 Å². The third-order valence-electron chi connectivity index (χ3n) is 10.7. The number of carbonyl (C=O) groups excluding carboxylic acids is 8. The SMILES string of the molecule is CC[C@@H](C)[C@@H]1NC(=O)[C@H](Cc2ccccc2)N2C(=O)C[C@H](NC(=O)[C@H](Cc3ccccc3)NC(=O)CNC(=O)[C@@H]3CCCN3C(=O)[C@H](CC(C)C)NC1=O)C2=O. The molecule has 0 aromatic heterocycles. The van der Waals surface area contributed by atoms with E-state index in [0.717, 1.165) is 4.90 Å². The van der Waals surface area contributed by atoms with Crippen molar-refractivity contribution in [1.29, 1.82) is 0 Å². The van der Waals surface area contributed by atoms with E-state index in [1.54, 1.807) is 67.6 Å². The summed E-state index contributed by atoms with van der Waals surface area (Å²) in [7, 11) is 0. The third-order valence-corrected chi connectivity index (χ3v) is 10.7. The molecule has 3 aliphatic heterocycles. The first-order valence-corrected chi connectivity index (χ1v) is 19.5. The first-order chi connectivity index (χ1) is 26.8. The monoisotopic (exact) mass is 771 g/mol. The van der Waals surface area contributed by atoms with Crippen LogP contribution >= 0.6 is 0 Å². The minimum absolute atomic E-state index is 0.0319. The van der Waals surface area contributed by atoms with E-state index in [0.29, 0.717) is 30.4 Å². The van der Waals surface area contributed by atoms with E-state index in [-0.39, 0.29) is 31.7 Å². The molecule has 0 aliphatic carbocycles. The summed E-state index contributed by atoms with van der Waals surface area (Å²) in [6, 6.07) is 10.7. The average molecular weight is 772 g/mol. The van der Waals surface area contributed by atoms with Crippen LogP contribution in [0.3, 0.4) is 0 Å². The minimum atomic E-state index is -1.39. The van der Waals surface area contributed by atoms with Gasteiger partial charge in [-0.1, -0.05) is 94.8 Å². The van der Waals surface area contributed by atoms with Gasteiger partial charge in [0.25, 0.3) is 5.91 Å². The van der Waals surface area contributed by atoms with Crippen molar-refractivity contribution >= 4 is 47.3 Å². The Labute approximate surface area is 327 Å². The van der Waals surface area contributed by atoms with Crippen molar-refractivity contribution in [3.8, 4) is 0 Å². The molecular weight excluding hydrogens is 718 g/mol. The van der Waals surface area contributed by atoms with Crippen molar-refractivity contribution < 1.29 is 38.4 Å². The highest BCUT2D eigenvalue weighted by Crippen LogP contribution is 2.23. The summed E-state index contributed by atoms with van der Waals surface area (Å²) in [6.07, 6.45) is 1.11. The Morgan fingerprint density at radius 1 is 0.696 bits per heavy atom. The summed E-state index contributed by atoms with van der Waals surface area (Å²) in [5.74, 6) is -5.80. The zero-order valence-electron chi connectivity index (χ0n) is 32.4. The second-order valence-electron chi connectivity index (χ2n) is 15.4. The molecule has 2 bridgehead atoms. The predicted octanol–water partition coefficient (Wildman–Crippen LogP) is 0.752. The standard InChI is InChI=1S/C41H53N7O8/c1-5-25(4)35-39(54)45-29(19-24(2)3)40(55)47-18-12-17-31(47)37(52)42-23-33(49)43-28(20-26-13-8-6-9-14-26)36(51)44-30-22-34(50)48(41(30)56)32(38(53)46-35)21-27-15-10-7-11-16-27/h6-11,13-16,24-25,28-32,35H,5,12,17-23H2,1-4H3,(H,42,52)(H,43,49)(H,44,51)(H,45,54)(H,46,53)/t25-,28+,29+,30+,31+,32+,35+/m1/s1. The van der Waals surface area contributed by atoms with Crippen LogP contribution < -0.4 is 26.6 Å². The maximum atomic E-state index is 14.4. The van der Waals surface area contributed by atoms with E-state index in [4.69, 9.17) is 0 Å². The van der Waals surface area contributed by atoms with E-state index in [9.17, 15) is 38.4 Å². The topological polar surface area (TPSA) is 203 Å². The number of hydrogen-bond donors (Lipinski definition) is 5. The molecule has 3 saturated heterocycles. The van der Waals surface area contributed by atoms with Crippen molar-refractivity contribution in [3.05, 3.63) is 71.8 Å². The van der Waals surface area contributed by atoms with E-state index >= 15 is 0 Å². The zero-order chi connectivity index (χ0) is 40.5. The largest absolute Gasteiger partial charge is 0.345 e. The first-order valence-electron chi connectivity index (χ1n) is 19.5. The Kier molecular flexibility index (Phi) is 14.0. The Bertz CT molecular complexity index is 1790. The Hall–Kier alpha value is -5.60. The van der Waals surface area contributed by atoms with Crippen LogP contribution in [-0.4, -0.2) is 106 Å². The lowest BCUT2D eigenvalue weighted by Crippen LogP contribution is -2.60. The van der Waals surface area contributed by atoms with Crippen LogP contribution in [0.15, 0.2) is 60.7 Å². The van der Waals surface area contributed by atoms with Gasteiger partial charge in [0, 0.05) is 19.4 Å². The summed E-state index contributed by atoms with van der Waals surface area (Å²) in [4.78, 5) is 113. The lowest BCUT2D eigenvalue weighted by Gasteiger charge is -2.32. The average Bonchev–Trinajstić information content (AvgIpc) is 3.77. The van der Waals surface area contributed by atoms with Gasteiger partial charge in [0.15, 0.2) is 0 Å². The van der Waals surface area contributed by atoms with Crippen molar-refractivity contribution in [2.45, 2.75) is 109 Å². The van der Waals surface area contributed by atoms with Crippen molar-refractivity contribution in [2.24, 2.45) is 11.8 Å². The predicted molar refractivity (Wildman–Crippen MR) is 205 cm³/mol. The lowest BCUT2D eigenvalue weighted by atomic mass is 9.95. The molecule has 5 rings (SSSR count). The van der Waals surface area contributed by atoms with E-state index < -0.39 is 102 Å². The van der Waals surface area contributed by atoms with Gasteiger partial charge in [-0.05, 0) is 42.2 Å². The van der Waals surface area contributed by atoms with Crippen molar-refractivity contribution in [3.63, 3.8) is 0 Å². The molecule has 2 aromatic rings. The van der Waals surface area contributed by atoms with Gasteiger partial charge in [-0.2, -0.15) is 0 Å². The molecule has 2 aromatic carbocycles. The number of fused-ring (bicyclic) bond motifs is 3. The van der Waals surface area contributed by atoms with Gasteiger partial charge in [-0.15, -0.1) is 0 Å². The maximum absolute atomic E-state index is 14.4. The number of hydrogen-bond acceptors (Lipinski definition) is 8. The summed E-state index contributed by atoms with van der Waals surface area (Å²) < 4.78 is 0. The van der Waals surface area contributed by atoms with Gasteiger partial charge in [0.1, 0.15) is 36.3 Å². The molecule has 0 radical (unpaired) electrons. The zero-order valence-corrected chi connectivity index (χ0v) is 32.4. The van der Waals surface area contributed by atoms with Crippen molar-refractivity contribution in [2.75, 3.05) is 13.1 Å². The highest BCUT2D eigenvalue weighted by atomic mass is 16.2. The number of imide groups is 1. The van der Waals surface area contributed by atoms with Gasteiger partial charge in [0.05, 0.1) is 13.0 Å². The minimum Gasteiger partial charge on any atom is -0.345 e. The third kappa shape index (κ3) is 10.2. The van der Waals surface area contributed by atoms with Gasteiger partial charge < -0.3 is 31.5 Å². The van der Waals surface area contributed by atoms with Crippen LogP contribution in [0.5, 0.6) is 0 Å². The molecule has 0 unspecified atom stereocenters. The van der Waals surface area contributed by atoms with Gasteiger partial charge in [0.2, 0.25) is 41.4 Å². The molecule has 3 aliphatic rings. The summed E-state index contributed by atoms with van der Waals surface area (Å²) in [5.41, 5.74) is 1.35. The molecule has 3 fully saturated rings. The smallest absolute Gasteiger partial charge is 0.253 e. The van der Waals surface area contributed by atoms with Crippen LogP contribution in [0.4, 0.5) is 0 Å². The molecule has 15 nitrogen and oxygen atoms in total. The van der Waals surface area contributed by atoms with Crippen LogP contribution in [0.2, 0.25) is 0 Å². The fraction of sp³-hybridized carbons (Fsp3) is 0.512. The molecule has 8 amide bonds. The first kappa shape index (κ1) is 41.6. The number of benzene rings is 2. The molecule has 5 N–H and O–H groups in total. The van der Waals surface area contributed by atoms with Crippen LogP contribution in [0, 0.1) is 11.8 Å². The molecule has 0 spiro atoms. The highest BCUT2D eigenvalue weighted by molar-refractivity contribution is 6.10. The van der Waals surface area contributed by atoms with Gasteiger partial charge in [-0.25, -0.2) is 0 Å². The fourth-order valence-corrected chi connectivity index (χ4v) is 7.50. The summed E-state index contributed by atoms with van der Waals surface area (Å²) in [6.45, 7) is 7.19. The van der Waals surface area contributed by atoms with E-state index in [1.165, 1.54) is 4.90 Å². The highest BCUT2D eigenvalue weighted by Gasteiger charge is 2.47. The van der Waals surface area contributed by atoms with E-state index in [1.807, 2.05) is 20.8 Å². The van der Waals surface area contributed by atoms with Gasteiger partial charge in [-0.3, -0.25) is 43.3 Å².